The van der Waals surface area contributed by atoms with Crippen molar-refractivity contribution in [2.45, 2.75) is 0 Å². The van der Waals surface area contributed by atoms with Crippen LogP contribution in [0, 0.1) is 0 Å². The lowest BCUT2D eigenvalue weighted by molar-refractivity contribution is 0.104. The van der Waals surface area contributed by atoms with Crippen LogP contribution in [0.2, 0.25) is 0 Å². The van der Waals surface area contributed by atoms with Crippen LogP contribution in [-0.4, -0.2) is 10.9 Å². The maximum absolute atomic E-state index is 11.2. The summed E-state index contributed by atoms with van der Waals surface area (Å²) >= 11 is 3.23. The van der Waals surface area contributed by atoms with Crippen molar-refractivity contribution in [3.63, 3.8) is 0 Å². The minimum absolute atomic E-state index is 0.218. The first-order valence-electron chi connectivity index (χ1n) is 3.35. The molecule has 3 heteroatoms. The zero-order valence-corrected chi connectivity index (χ0v) is 7.78. The molecule has 0 radical (unpaired) electrons. The van der Waals surface area contributed by atoms with Crippen molar-refractivity contribution in [1.82, 2.24) is 0 Å². The maximum Gasteiger partial charge on any atom is 0.190 e. The Morgan fingerprint density at radius 2 is 2.08 bits per heavy atom. The molecule has 0 amide bonds. The quantitative estimate of drug-likeness (QED) is 0.479. The molecular weight excluding hydrogens is 220 g/mol. The van der Waals surface area contributed by atoms with Crippen LogP contribution < -0.4 is 0 Å². The fraction of sp³-hybridized carbons (Fsp3) is 0. The number of benzene rings is 1. The molecule has 0 aliphatic heterocycles. The van der Waals surface area contributed by atoms with Gasteiger partial charge in [0.2, 0.25) is 0 Å². The number of aliphatic hydroxyl groups excluding tert-OH is 1. The van der Waals surface area contributed by atoms with Gasteiger partial charge in [-0.1, -0.05) is 28.1 Å². The van der Waals surface area contributed by atoms with Gasteiger partial charge in [-0.05, 0) is 12.1 Å². The first-order chi connectivity index (χ1) is 5.75. The van der Waals surface area contributed by atoms with Gasteiger partial charge < -0.3 is 5.11 Å². The Balaban J connectivity index is 3.03. The van der Waals surface area contributed by atoms with Crippen molar-refractivity contribution >= 4 is 21.7 Å². The zero-order chi connectivity index (χ0) is 8.97. The van der Waals surface area contributed by atoms with Crippen LogP contribution in [0.4, 0.5) is 0 Å². The number of hydrogen-bond acceptors (Lipinski definition) is 2. The third-order valence-electron chi connectivity index (χ3n) is 1.37. The van der Waals surface area contributed by atoms with Gasteiger partial charge in [-0.25, -0.2) is 0 Å². The van der Waals surface area contributed by atoms with E-state index < -0.39 is 0 Å². The average molecular weight is 227 g/mol. The van der Waals surface area contributed by atoms with Crippen molar-refractivity contribution in [2.24, 2.45) is 0 Å². The molecule has 2 nitrogen and oxygen atoms in total. The highest BCUT2D eigenvalue weighted by Gasteiger charge is 2.04. The molecule has 0 spiro atoms. The molecule has 0 aliphatic rings. The highest BCUT2D eigenvalue weighted by Crippen LogP contribution is 2.16. The fourth-order valence-corrected chi connectivity index (χ4v) is 1.30. The Labute approximate surface area is 78.7 Å². The Hall–Kier alpha value is -1.09. The molecule has 12 heavy (non-hydrogen) atoms. The van der Waals surface area contributed by atoms with Gasteiger partial charge >= 0.3 is 0 Å². The monoisotopic (exact) mass is 226 g/mol. The second-order valence-electron chi connectivity index (χ2n) is 2.16. The van der Waals surface area contributed by atoms with E-state index in [4.69, 9.17) is 5.11 Å². The first-order valence-corrected chi connectivity index (χ1v) is 4.14. The summed E-state index contributed by atoms with van der Waals surface area (Å²) in [5.74, 6) is -0.218. The highest BCUT2D eigenvalue weighted by molar-refractivity contribution is 9.10. The summed E-state index contributed by atoms with van der Waals surface area (Å²) < 4.78 is 0.730. The number of rotatable bonds is 2. The van der Waals surface area contributed by atoms with Crippen LogP contribution in [0.25, 0.3) is 0 Å². The van der Waals surface area contributed by atoms with Crippen molar-refractivity contribution in [3.8, 4) is 0 Å². The second kappa shape index (κ2) is 4.07. The number of aliphatic hydroxyl groups is 1. The molecule has 0 fully saturated rings. The van der Waals surface area contributed by atoms with Crippen LogP contribution in [0.3, 0.4) is 0 Å². The first kappa shape index (κ1) is 9.00. The summed E-state index contributed by atoms with van der Waals surface area (Å²) in [5, 5.41) is 8.37. The van der Waals surface area contributed by atoms with E-state index in [9.17, 15) is 4.79 Å². The molecule has 1 N–H and O–H groups in total. The number of carbonyl (C=O) groups is 1. The predicted octanol–water partition coefficient (Wildman–Crippen LogP) is 2.70. The number of hydrogen-bond donors (Lipinski definition) is 1. The van der Waals surface area contributed by atoms with Crippen molar-refractivity contribution in [3.05, 3.63) is 46.6 Å². The molecule has 0 bridgehead atoms. The van der Waals surface area contributed by atoms with E-state index in [2.05, 4.69) is 15.9 Å². The standard InChI is InChI=1S/C9H7BrO2/c10-8-4-2-1-3-7(8)9(12)5-6-11/h1-6,11H. The minimum atomic E-state index is -0.218. The SMILES string of the molecule is O=C(C=CO)c1ccccc1Br. The number of halogens is 1. The van der Waals surface area contributed by atoms with Gasteiger partial charge in [-0.3, -0.25) is 4.79 Å². The molecule has 1 rings (SSSR count). The van der Waals surface area contributed by atoms with Crippen LogP contribution in [-0.2, 0) is 0 Å². The van der Waals surface area contributed by atoms with Crippen molar-refractivity contribution < 1.29 is 9.90 Å². The van der Waals surface area contributed by atoms with Crippen LogP contribution >= 0.6 is 15.9 Å². The van der Waals surface area contributed by atoms with Crippen LogP contribution in [0.1, 0.15) is 10.4 Å². The van der Waals surface area contributed by atoms with Crippen LogP contribution in [0.5, 0.6) is 0 Å². The molecule has 0 atom stereocenters. The molecule has 1 aromatic rings. The smallest absolute Gasteiger partial charge is 0.190 e. The summed E-state index contributed by atoms with van der Waals surface area (Å²) in [4.78, 5) is 11.2. The van der Waals surface area contributed by atoms with Gasteiger partial charge in [-0.15, -0.1) is 0 Å². The van der Waals surface area contributed by atoms with E-state index in [0.717, 1.165) is 16.8 Å². The number of carbonyl (C=O) groups excluding carboxylic acids is 1. The van der Waals surface area contributed by atoms with Gasteiger partial charge in [0.05, 0.1) is 6.26 Å². The van der Waals surface area contributed by atoms with Crippen molar-refractivity contribution in [2.75, 3.05) is 0 Å². The molecule has 0 saturated heterocycles. The molecular formula is C9H7BrO2. The Bertz CT molecular complexity index is 318. The normalized spacial score (nSPS) is 10.4. The number of ketones is 1. The maximum atomic E-state index is 11.2. The summed E-state index contributed by atoms with van der Waals surface area (Å²) in [6.07, 6.45) is 1.85. The molecule has 0 heterocycles. The average Bonchev–Trinajstić information content (AvgIpc) is 2.05. The fourth-order valence-electron chi connectivity index (χ4n) is 0.819. The van der Waals surface area contributed by atoms with Gasteiger partial charge in [-0.2, -0.15) is 0 Å². The largest absolute Gasteiger partial charge is 0.515 e. The molecule has 0 unspecified atom stereocenters. The molecule has 0 aromatic heterocycles. The van der Waals surface area contributed by atoms with Gasteiger partial charge in [0.15, 0.2) is 5.78 Å². The lowest BCUT2D eigenvalue weighted by atomic mass is 10.1. The predicted molar refractivity (Wildman–Crippen MR) is 50.2 cm³/mol. The lowest BCUT2D eigenvalue weighted by Gasteiger charge is -1.97. The van der Waals surface area contributed by atoms with E-state index in [1.165, 1.54) is 0 Å². The van der Waals surface area contributed by atoms with E-state index >= 15 is 0 Å². The minimum Gasteiger partial charge on any atom is -0.515 e. The third-order valence-corrected chi connectivity index (χ3v) is 2.06. The Morgan fingerprint density at radius 1 is 1.42 bits per heavy atom. The molecule has 0 saturated carbocycles. The van der Waals surface area contributed by atoms with E-state index in [1.54, 1.807) is 18.2 Å². The Kier molecular flexibility index (Phi) is 3.05. The topological polar surface area (TPSA) is 37.3 Å². The third kappa shape index (κ3) is 1.95. The highest BCUT2D eigenvalue weighted by atomic mass is 79.9. The van der Waals surface area contributed by atoms with Crippen molar-refractivity contribution in [1.29, 1.82) is 0 Å². The van der Waals surface area contributed by atoms with Gasteiger partial charge in [0, 0.05) is 16.1 Å². The summed E-state index contributed by atoms with van der Waals surface area (Å²) in [5.41, 5.74) is 0.544. The van der Waals surface area contributed by atoms with Gasteiger partial charge in [0.25, 0.3) is 0 Å². The molecule has 0 aliphatic carbocycles. The van der Waals surface area contributed by atoms with Gasteiger partial charge in [0.1, 0.15) is 0 Å². The Morgan fingerprint density at radius 3 is 2.67 bits per heavy atom. The lowest BCUT2D eigenvalue weighted by Crippen LogP contribution is -1.94. The molecule has 62 valence electrons. The van der Waals surface area contributed by atoms with Crippen LogP contribution in [0.15, 0.2) is 41.1 Å². The molecule has 1 aromatic carbocycles. The second-order valence-corrected chi connectivity index (χ2v) is 3.01. The summed E-state index contributed by atoms with van der Waals surface area (Å²) in [7, 11) is 0. The summed E-state index contributed by atoms with van der Waals surface area (Å²) in [6, 6.07) is 7.05. The van der Waals surface area contributed by atoms with E-state index in [1.807, 2.05) is 6.07 Å². The zero-order valence-electron chi connectivity index (χ0n) is 6.20. The summed E-state index contributed by atoms with van der Waals surface area (Å²) in [6.45, 7) is 0. The number of allylic oxidation sites excluding steroid dienone is 1. The van der Waals surface area contributed by atoms with E-state index in [0.29, 0.717) is 5.56 Å². The van der Waals surface area contributed by atoms with E-state index in [-0.39, 0.29) is 5.78 Å².